The number of allylic oxidation sites excluding steroid dienone is 1. The molecule has 0 saturated carbocycles. The van der Waals surface area contributed by atoms with E-state index in [0.717, 1.165) is 28.2 Å². The molecule has 2 heterocycles. The van der Waals surface area contributed by atoms with Crippen molar-refractivity contribution in [1.82, 2.24) is 9.88 Å². The van der Waals surface area contributed by atoms with Gasteiger partial charge in [-0.1, -0.05) is 15.9 Å². The van der Waals surface area contributed by atoms with Crippen molar-refractivity contribution in [2.45, 2.75) is 12.8 Å². The van der Waals surface area contributed by atoms with Gasteiger partial charge in [-0.2, -0.15) is 0 Å². The Labute approximate surface area is 155 Å². The molecule has 6 heteroatoms. The molecule has 0 unspecified atom stereocenters. The number of pyridine rings is 1. The van der Waals surface area contributed by atoms with Crippen LogP contribution in [0.15, 0.2) is 46.9 Å². The third-order valence-electron chi connectivity index (χ3n) is 4.10. The van der Waals surface area contributed by atoms with E-state index in [2.05, 4.69) is 20.9 Å². The van der Waals surface area contributed by atoms with Gasteiger partial charge in [-0.25, -0.2) is 0 Å². The summed E-state index contributed by atoms with van der Waals surface area (Å²) in [6, 6.07) is 7.59. The van der Waals surface area contributed by atoms with E-state index in [0.29, 0.717) is 24.7 Å². The highest BCUT2D eigenvalue weighted by molar-refractivity contribution is 9.10. The molecule has 1 saturated heterocycles. The van der Waals surface area contributed by atoms with Gasteiger partial charge in [0, 0.05) is 55.5 Å². The molecule has 1 aromatic heterocycles. The largest absolute Gasteiger partial charge is 0.451 e. The maximum atomic E-state index is 12.9. The van der Waals surface area contributed by atoms with Crippen molar-refractivity contribution in [1.29, 1.82) is 0 Å². The molecule has 0 atom stereocenters. The quantitative estimate of drug-likeness (QED) is 0.560. The standard InChI is InChI=1S/C19H21BrN2O3/c1-22(2)12-18(19(23)13-6-9-24-10-7-13)25-17-5-8-21-16-11-14(20)3-4-15(16)17/h3-5,8,11-13H,6-7,9-10H2,1-2H3/b18-12+. The van der Waals surface area contributed by atoms with Crippen molar-refractivity contribution in [3.05, 3.63) is 46.9 Å². The second kappa shape index (κ2) is 7.97. The Kier molecular flexibility index (Phi) is 5.71. The smallest absolute Gasteiger partial charge is 0.202 e. The third kappa shape index (κ3) is 4.38. The van der Waals surface area contributed by atoms with Crippen molar-refractivity contribution < 1.29 is 14.3 Å². The predicted molar refractivity (Wildman–Crippen MR) is 100 cm³/mol. The van der Waals surface area contributed by atoms with Gasteiger partial charge in [0.15, 0.2) is 5.76 Å². The molecule has 2 aromatic rings. The molecule has 0 amide bonds. The molecule has 1 aliphatic rings. The number of carbonyl (C=O) groups is 1. The fourth-order valence-corrected chi connectivity index (χ4v) is 3.19. The Bertz CT molecular complexity index is 798. The Morgan fingerprint density at radius 2 is 2.08 bits per heavy atom. The molecule has 0 aliphatic carbocycles. The number of ether oxygens (including phenoxy) is 2. The van der Waals surface area contributed by atoms with Crippen LogP contribution in [0.1, 0.15) is 12.8 Å². The molecule has 0 radical (unpaired) electrons. The number of carbonyl (C=O) groups excluding carboxylic acids is 1. The van der Waals surface area contributed by atoms with Gasteiger partial charge in [0.1, 0.15) is 5.75 Å². The van der Waals surface area contributed by atoms with E-state index < -0.39 is 0 Å². The maximum absolute atomic E-state index is 12.9. The highest BCUT2D eigenvalue weighted by atomic mass is 79.9. The fraction of sp³-hybridized carbons (Fsp3) is 0.368. The maximum Gasteiger partial charge on any atom is 0.202 e. The van der Waals surface area contributed by atoms with E-state index in [9.17, 15) is 4.79 Å². The van der Waals surface area contributed by atoms with Crippen LogP contribution in [0.25, 0.3) is 10.9 Å². The minimum Gasteiger partial charge on any atom is -0.451 e. The molecule has 1 aliphatic heterocycles. The first-order valence-electron chi connectivity index (χ1n) is 8.27. The van der Waals surface area contributed by atoms with Crippen LogP contribution in [0.2, 0.25) is 0 Å². The number of ketones is 1. The number of fused-ring (bicyclic) bond motifs is 1. The first-order valence-corrected chi connectivity index (χ1v) is 9.06. The van der Waals surface area contributed by atoms with Gasteiger partial charge in [-0.3, -0.25) is 9.78 Å². The van der Waals surface area contributed by atoms with Gasteiger partial charge in [0.05, 0.1) is 5.52 Å². The van der Waals surface area contributed by atoms with Crippen LogP contribution < -0.4 is 4.74 Å². The third-order valence-corrected chi connectivity index (χ3v) is 4.59. The summed E-state index contributed by atoms with van der Waals surface area (Å²) >= 11 is 3.45. The van der Waals surface area contributed by atoms with Gasteiger partial charge in [-0.05, 0) is 37.1 Å². The SMILES string of the molecule is CN(C)/C=C(/Oc1ccnc2cc(Br)ccc12)C(=O)C1CCOCC1. The van der Waals surface area contributed by atoms with E-state index >= 15 is 0 Å². The van der Waals surface area contributed by atoms with Crippen molar-refractivity contribution in [3.8, 4) is 5.75 Å². The molecule has 1 fully saturated rings. The van der Waals surface area contributed by atoms with Crippen molar-refractivity contribution in [2.24, 2.45) is 5.92 Å². The Balaban J connectivity index is 1.92. The second-order valence-corrected chi connectivity index (χ2v) is 7.20. The summed E-state index contributed by atoms with van der Waals surface area (Å²) in [5.74, 6) is 0.958. The summed E-state index contributed by atoms with van der Waals surface area (Å²) < 4.78 is 12.4. The molecule has 25 heavy (non-hydrogen) atoms. The average Bonchev–Trinajstić information content (AvgIpc) is 2.61. The molecular weight excluding hydrogens is 384 g/mol. The molecular formula is C19H21BrN2O3. The number of hydrogen-bond donors (Lipinski definition) is 0. The van der Waals surface area contributed by atoms with Crippen LogP contribution in [0.4, 0.5) is 0 Å². The average molecular weight is 405 g/mol. The molecule has 0 bridgehead atoms. The summed E-state index contributed by atoms with van der Waals surface area (Å²) in [5, 5.41) is 0.870. The highest BCUT2D eigenvalue weighted by Gasteiger charge is 2.26. The first kappa shape index (κ1) is 17.9. The van der Waals surface area contributed by atoms with Crippen molar-refractivity contribution >= 4 is 32.6 Å². The van der Waals surface area contributed by atoms with Crippen LogP contribution >= 0.6 is 15.9 Å². The lowest BCUT2D eigenvalue weighted by Gasteiger charge is -2.23. The summed E-state index contributed by atoms with van der Waals surface area (Å²) in [5.41, 5.74) is 0.814. The lowest BCUT2D eigenvalue weighted by atomic mass is 9.94. The molecule has 5 nitrogen and oxygen atoms in total. The summed E-state index contributed by atoms with van der Waals surface area (Å²) in [4.78, 5) is 19.1. The van der Waals surface area contributed by atoms with E-state index in [1.54, 1.807) is 18.5 Å². The van der Waals surface area contributed by atoms with E-state index in [4.69, 9.17) is 9.47 Å². The van der Waals surface area contributed by atoms with Crippen LogP contribution in [0.3, 0.4) is 0 Å². The topological polar surface area (TPSA) is 51.7 Å². The number of benzene rings is 1. The van der Waals surface area contributed by atoms with Crippen LogP contribution in [-0.4, -0.2) is 43.0 Å². The lowest BCUT2D eigenvalue weighted by Crippen LogP contribution is -2.27. The van der Waals surface area contributed by atoms with E-state index in [-0.39, 0.29) is 11.7 Å². The summed E-state index contributed by atoms with van der Waals surface area (Å²) in [6.45, 7) is 1.25. The first-order chi connectivity index (χ1) is 12.0. The number of hydrogen-bond acceptors (Lipinski definition) is 5. The minimum absolute atomic E-state index is 0.0269. The molecule has 0 N–H and O–H groups in total. The Hall–Kier alpha value is -1.92. The number of aromatic nitrogens is 1. The normalized spacial score (nSPS) is 16.0. The fourth-order valence-electron chi connectivity index (χ4n) is 2.84. The molecule has 132 valence electrons. The van der Waals surface area contributed by atoms with Crippen molar-refractivity contribution in [2.75, 3.05) is 27.3 Å². The van der Waals surface area contributed by atoms with Gasteiger partial charge < -0.3 is 14.4 Å². The highest BCUT2D eigenvalue weighted by Crippen LogP contribution is 2.29. The Morgan fingerprint density at radius 1 is 1.32 bits per heavy atom. The second-order valence-electron chi connectivity index (χ2n) is 6.28. The van der Waals surface area contributed by atoms with Crippen LogP contribution in [0, 0.1) is 5.92 Å². The number of rotatable bonds is 5. The summed E-state index contributed by atoms with van der Waals surface area (Å²) in [6.07, 6.45) is 4.90. The zero-order valence-electron chi connectivity index (χ0n) is 14.4. The number of halogens is 1. The number of Topliss-reactive ketones (excluding diaryl/α,β-unsaturated/α-hetero) is 1. The monoisotopic (exact) mass is 404 g/mol. The Morgan fingerprint density at radius 3 is 2.80 bits per heavy atom. The molecule has 1 aromatic carbocycles. The van der Waals surface area contributed by atoms with Gasteiger partial charge in [0.2, 0.25) is 5.78 Å². The predicted octanol–water partition coefficient (Wildman–Crippen LogP) is 3.77. The van der Waals surface area contributed by atoms with Gasteiger partial charge >= 0.3 is 0 Å². The lowest BCUT2D eigenvalue weighted by molar-refractivity contribution is -0.124. The van der Waals surface area contributed by atoms with Gasteiger partial charge in [-0.15, -0.1) is 0 Å². The van der Waals surface area contributed by atoms with Crippen LogP contribution in [0.5, 0.6) is 5.75 Å². The van der Waals surface area contributed by atoms with Crippen molar-refractivity contribution in [3.63, 3.8) is 0 Å². The number of nitrogens with zero attached hydrogens (tertiary/aromatic N) is 2. The van der Waals surface area contributed by atoms with Gasteiger partial charge in [0.25, 0.3) is 0 Å². The van der Waals surface area contributed by atoms with E-state index in [1.165, 1.54) is 0 Å². The summed E-state index contributed by atoms with van der Waals surface area (Å²) in [7, 11) is 3.75. The minimum atomic E-state index is -0.0535. The molecule has 3 rings (SSSR count). The van der Waals surface area contributed by atoms with E-state index in [1.807, 2.05) is 37.2 Å². The zero-order valence-corrected chi connectivity index (χ0v) is 16.0. The van der Waals surface area contributed by atoms with Crippen LogP contribution in [-0.2, 0) is 9.53 Å². The molecule has 0 spiro atoms. The zero-order chi connectivity index (χ0) is 17.8.